The molecule has 0 aromatic heterocycles. The zero-order valence-corrected chi connectivity index (χ0v) is 24.2. The Balaban J connectivity index is 2.17. The summed E-state index contributed by atoms with van der Waals surface area (Å²) in [6.07, 6.45) is -12.4. The molecule has 0 fully saturated rings. The summed E-state index contributed by atoms with van der Waals surface area (Å²) in [5, 5.41) is 28.7. The van der Waals surface area contributed by atoms with Gasteiger partial charge in [0, 0.05) is 17.2 Å². The Morgan fingerprint density at radius 2 is 1.04 bits per heavy atom. The predicted octanol–water partition coefficient (Wildman–Crippen LogP) is 7.82. The third kappa shape index (κ3) is 5.17. The van der Waals surface area contributed by atoms with E-state index in [1.807, 2.05) is 0 Å². The van der Waals surface area contributed by atoms with Crippen molar-refractivity contribution in [3.8, 4) is 40.5 Å². The second-order valence-electron chi connectivity index (χ2n) is 10.5. The maximum absolute atomic E-state index is 15.1. The molecule has 0 aliphatic heterocycles. The molecule has 2 aliphatic rings. The monoisotopic (exact) mass is 690 g/mol. The lowest BCUT2D eigenvalue weighted by atomic mass is 9.86. The molecule has 0 bridgehead atoms. The summed E-state index contributed by atoms with van der Waals surface area (Å²) in [4.78, 5) is 9.47. The molecule has 2 aliphatic carbocycles. The molecule has 0 radical (unpaired) electrons. The summed E-state index contributed by atoms with van der Waals surface area (Å²) in [6, 6.07) is 5.77. The molecule has 50 heavy (non-hydrogen) atoms. The van der Waals surface area contributed by atoms with E-state index in [1.165, 1.54) is 12.1 Å². The lowest BCUT2D eigenvalue weighted by Crippen LogP contribution is -2.25. The number of benzene rings is 3. The summed E-state index contributed by atoms with van der Waals surface area (Å²) < 4.78 is 141. The van der Waals surface area contributed by atoms with Gasteiger partial charge in [0.1, 0.15) is 71.3 Å². The molecule has 0 atom stereocenters. The summed E-state index contributed by atoms with van der Waals surface area (Å²) in [5.74, 6) is -9.24. The minimum absolute atomic E-state index is 0.245. The summed E-state index contributed by atoms with van der Waals surface area (Å²) in [7, 11) is 0. The first-order valence-electron chi connectivity index (χ1n) is 13.4. The van der Waals surface area contributed by atoms with E-state index < -0.39 is 115 Å². The molecule has 244 valence electrons. The number of alkyl halides is 6. The predicted molar refractivity (Wildman–Crippen MR) is 151 cm³/mol. The van der Waals surface area contributed by atoms with Crippen LogP contribution in [0.15, 0.2) is 46.8 Å². The van der Waals surface area contributed by atoms with Gasteiger partial charge in [-0.25, -0.2) is 22.4 Å². The number of nitriles is 3. The zero-order valence-electron chi connectivity index (χ0n) is 24.2. The van der Waals surface area contributed by atoms with Crippen molar-refractivity contribution in [3.05, 3.63) is 137 Å². The number of fused-ring (bicyclic) bond motifs is 2. The van der Waals surface area contributed by atoms with Gasteiger partial charge < -0.3 is 0 Å². The number of allylic oxidation sites excluding steroid dienone is 2. The second-order valence-corrected chi connectivity index (χ2v) is 10.5. The van der Waals surface area contributed by atoms with Crippen LogP contribution in [-0.2, 0) is 25.2 Å². The summed E-state index contributed by atoms with van der Waals surface area (Å²) >= 11 is 0. The molecule has 16 heteroatoms. The smallest absolute Gasteiger partial charge is 0.238 e. The first kappa shape index (κ1) is 34.5. The standard InChI is InChI=1S/C34H8F10N6/c1-48-31-19(32(49-2)50-3)9-18-25(13-4-21(35)29(22(36)5-13)33(39,40)41)27-17(8-16(20(27)12-47)15(10-45)11-46)26(28(18)31)14-6-23(37)30(24(38)7-14)34(42,43)44/h4-7H,8-9H2. The molecule has 0 saturated heterocycles. The van der Waals surface area contributed by atoms with Crippen molar-refractivity contribution in [2.45, 2.75) is 25.2 Å². The molecule has 6 nitrogen and oxygen atoms in total. The first-order chi connectivity index (χ1) is 23.5. The van der Waals surface area contributed by atoms with Crippen LogP contribution in [0.3, 0.4) is 0 Å². The highest BCUT2D eigenvalue weighted by molar-refractivity contribution is 5.95. The molecule has 3 aromatic rings. The van der Waals surface area contributed by atoms with Crippen LogP contribution < -0.4 is 10.4 Å². The minimum Gasteiger partial charge on any atom is -0.238 e. The molecule has 5 rings (SSSR count). The van der Waals surface area contributed by atoms with E-state index in [9.17, 15) is 42.1 Å². The van der Waals surface area contributed by atoms with Gasteiger partial charge in [0.05, 0.1) is 17.7 Å². The Hall–Kier alpha value is -6.88. The van der Waals surface area contributed by atoms with E-state index in [1.54, 1.807) is 6.07 Å². The van der Waals surface area contributed by atoms with Gasteiger partial charge >= 0.3 is 18.2 Å². The van der Waals surface area contributed by atoms with E-state index >= 15 is 17.6 Å². The fourth-order valence-electron chi connectivity index (χ4n) is 6.15. The third-order valence-electron chi connectivity index (χ3n) is 7.95. The van der Waals surface area contributed by atoms with Gasteiger partial charge in [-0.2, -0.15) is 51.8 Å². The highest BCUT2D eigenvalue weighted by Gasteiger charge is 2.41. The molecule has 0 unspecified atom stereocenters. The highest BCUT2D eigenvalue weighted by atomic mass is 19.4. The van der Waals surface area contributed by atoms with E-state index in [-0.39, 0.29) is 46.5 Å². The van der Waals surface area contributed by atoms with Crippen LogP contribution >= 0.6 is 0 Å². The zero-order chi connectivity index (χ0) is 37.0. The molecule has 0 amide bonds. The van der Waals surface area contributed by atoms with Crippen molar-refractivity contribution >= 4 is 11.3 Å². The molecule has 0 saturated carbocycles. The van der Waals surface area contributed by atoms with Crippen molar-refractivity contribution in [1.29, 1.82) is 15.8 Å². The second kappa shape index (κ2) is 12.0. The Kier molecular flexibility index (Phi) is 8.25. The number of nitrogens with zero attached hydrogens (tertiary/aromatic N) is 6. The van der Waals surface area contributed by atoms with Crippen LogP contribution in [0.1, 0.15) is 22.3 Å². The number of hydrogen-bond acceptors (Lipinski definition) is 3. The number of rotatable bonds is 2. The summed E-state index contributed by atoms with van der Waals surface area (Å²) in [5.41, 5.74) is -10.1. The lowest BCUT2D eigenvalue weighted by molar-refractivity contribution is -0.143. The van der Waals surface area contributed by atoms with Gasteiger partial charge in [0.25, 0.3) is 0 Å². The van der Waals surface area contributed by atoms with E-state index in [2.05, 4.69) is 14.5 Å². The fraction of sp³-hybridized carbons (Fsp3) is 0.118. The van der Waals surface area contributed by atoms with Gasteiger partial charge in [-0.05, 0) is 69.3 Å². The van der Waals surface area contributed by atoms with Gasteiger partial charge in [-0.15, -0.1) is 0 Å². The van der Waals surface area contributed by atoms with Crippen LogP contribution in [0.2, 0.25) is 0 Å². The third-order valence-corrected chi connectivity index (χ3v) is 7.95. The Morgan fingerprint density at radius 1 is 0.640 bits per heavy atom. The number of hydrogen-bond donors (Lipinski definition) is 0. The van der Waals surface area contributed by atoms with Crippen LogP contribution in [0.25, 0.3) is 48.1 Å². The summed E-state index contributed by atoms with van der Waals surface area (Å²) in [6.45, 7) is 22.8. The van der Waals surface area contributed by atoms with Gasteiger partial charge in [0.2, 0.25) is 0 Å². The van der Waals surface area contributed by atoms with Gasteiger partial charge in [0.15, 0.2) is 5.70 Å². The van der Waals surface area contributed by atoms with Crippen molar-refractivity contribution in [3.63, 3.8) is 0 Å². The Labute approximate surface area is 273 Å². The molecule has 0 spiro atoms. The van der Waals surface area contributed by atoms with Gasteiger partial charge in [-0.1, -0.05) is 0 Å². The van der Waals surface area contributed by atoms with E-state index in [0.717, 1.165) is 0 Å². The van der Waals surface area contributed by atoms with E-state index in [4.69, 9.17) is 19.7 Å². The SMILES string of the molecule is [C-]#[N+]C([N+]#[C-])=C1Cc2c(-c3cc(F)c(C(F)(F)F)c(F)c3)c3c(c(-c4cc(F)c(C(F)(F)F)c(F)c4)c2=C1[N+]#[C-])CC(=C(C#N)C#N)C=3C#N. The minimum atomic E-state index is -5.52. The Morgan fingerprint density at radius 3 is 1.40 bits per heavy atom. The van der Waals surface area contributed by atoms with E-state index in [0.29, 0.717) is 0 Å². The molecular formula is C34H8F10N6. The maximum atomic E-state index is 15.1. The molecule has 3 aromatic carbocycles. The van der Waals surface area contributed by atoms with Crippen LogP contribution in [0.4, 0.5) is 43.9 Å². The lowest BCUT2D eigenvalue weighted by Gasteiger charge is -2.19. The molecule has 0 N–H and O–H groups in total. The van der Waals surface area contributed by atoms with Crippen molar-refractivity contribution in [1.82, 2.24) is 0 Å². The van der Waals surface area contributed by atoms with Crippen LogP contribution in [-0.4, -0.2) is 0 Å². The van der Waals surface area contributed by atoms with Gasteiger partial charge in [-0.3, -0.25) is 0 Å². The van der Waals surface area contributed by atoms with Crippen molar-refractivity contribution in [2.75, 3.05) is 0 Å². The van der Waals surface area contributed by atoms with Crippen LogP contribution in [0.5, 0.6) is 0 Å². The quantitative estimate of drug-likeness (QED) is 0.156. The maximum Gasteiger partial charge on any atom is 0.512 e. The normalized spacial score (nSPS) is 13.4. The first-order valence-corrected chi connectivity index (χ1v) is 13.4. The van der Waals surface area contributed by atoms with Crippen molar-refractivity contribution in [2.24, 2.45) is 0 Å². The topological polar surface area (TPSA) is 84.5 Å². The number of halogens is 10. The highest BCUT2D eigenvalue weighted by Crippen LogP contribution is 2.43. The fourth-order valence-corrected chi connectivity index (χ4v) is 6.15. The van der Waals surface area contributed by atoms with Crippen LogP contribution in [0, 0.1) is 77.0 Å². The van der Waals surface area contributed by atoms with Crippen molar-refractivity contribution < 1.29 is 43.9 Å². The largest absolute Gasteiger partial charge is 0.512 e. The molecular weight excluding hydrogens is 682 g/mol. The Bertz CT molecular complexity index is 2310. The molecule has 0 heterocycles. The average molecular weight is 690 g/mol. The average Bonchev–Trinajstić information content (AvgIpc) is 3.57.